The van der Waals surface area contributed by atoms with Gasteiger partial charge in [0.1, 0.15) is 0 Å². The Hall–Kier alpha value is -2.86. The maximum atomic E-state index is 12.2. The Morgan fingerprint density at radius 1 is 1.15 bits per heavy atom. The summed E-state index contributed by atoms with van der Waals surface area (Å²) in [5.74, 6) is 6.04. The van der Waals surface area contributed by atoms with Gasteiger partial charge in [-0.3, -0.25) is 4.79 Å². The maximum absolute atomic E-state index is 12.2. The minimum Gasteiger partial charge on any atom is -0.462 e. The number of ketones is 1. The van der Waals surface area contributed by atoms with E-state index < -0.39 is 0 Å². The maximum Gasteiger partial charge on any atom is 0.339 e. The smallest absolute Gasteiger partial charge is 0.339 e. The fourth-order valence-corrected chi connectivity index (χ4v) is 3.24. The highest BCUT2D eigenvalue weighted by Crippen LogP contribution is 2.37. The molecule has 3 heteroatoms. The second-order valence-electron chi connectivity index (χ2n) is 7.08. The van der Waals surface area contributed by atoms with Gasteiger partial charge in [0, 0.05) is 23.1 Å². The predicted octanol–water partition coefficient (Wildman–Crippen LogP) is 4.52. The quantitative estimate of drug-likeness (QED) is 0.593. The lowest BCUT2D eigenvalue weighted by Crippen LogP contribution is -2.27. The number of benzene rings is 2. The van der Waals surface area contributed by atoms with Gasteiger partial charge in [-0.25, -0.2) is 4.79 Å². The number of fused-ring (bicyclic) bond motifs is 1. The largest absolute Gasteiger partial charge is 0.462 e. The van der Waals surface area contributed by atoms with Gasteiger partial charge in [0.25, 0.3) is 0 Å². The number of ether oxygens (including phenoxy) is 1. The van der Waals surface area contributed by atoms with Gasteiger partial charge >= 0.3 is 5.97 Å². The highest BCUT2D eigenvalue weighted by Gasteiger charge is 2.31. The Balaban J connectivity index is 1.98. The first-order valence-corrected chi connectivity index (χ1v) is 8.88. The van der Waals surface area contributed by atoms with Crippen LogP contribution in [-0.2, 0) is 10.2 Å². The van der Waals surface area contributed by atoms with Crippen LogP contribution in [0.4, 0.5) is 0 Å². The van der Waals surface area contributed by atoms with E-state index in [-0.39, 0.29) is 17.2 Å². The molecule has 0 amide bonds. The molecule has 3 nitrogen and oxygen atoms in total. The van der Waals surface area contributed by atoms with Crippen molar-refractivity contribution in [2.75, 3.05) is 6.61 Å². The lowest BCUT2D eigenvalue weighted by Gasteiger charge is -2.31. The Bertz CT molecular complexity index is 926. The summed E-state index contributed by atoms with van der Waals surface area (Å²) >= 11 is 0. The van der Waals surface area contributed by atoms with Crippen LogP contribution in [0.1, 0.15) is 71.0 Å². The van der Waals surface area contributed by atoms with E-state index in [1.807, 2.05) is 30.3 Å². The van der Waals surface area contributed by atoms with E-state index >= 15 is 0 Å². The number of hydrogen-bond donors (Lipinski definition) is 0. The predicted molar refractivity (Wildman–Crippen MR) is 101 cm³/mol. The van der Waals surface area contributed by atoms with Crippen LogP contribution in [0.15, 0.2) is 42.5 Å². The zero-order valence-corrected chi connectivity index (χ0v) is 15.4. The summed E-state index contributed by atoms with van der Waals surface area (Å²) in [6, 6.07) is 12.9. The number of carbonyl (C=O) groups is 2. The van der Waals surface area contributed by atoms with Crippen molar-refractivity contribution >= 4 is 11.8 Å². The molecule has 0 bridgehead atoms. The number of Topliss-reactive ketones (excluding diaryl/α,β-unsaturated/α-hetero) is 1. The molecule has 0 aromatic heterocycles. The fourth-order valence-electron chi connectivity index (χ4n) is 3.24. The van der Waals surface area contributed by atoms with Crippen LogP contribution in [0.2, 0.25) is 0 Å². The molecule has 1 aliphatic carbocycles. The van der Waals surface area contributed by atoms with Gasteiger partial charge in [0.15, 0.2) is 5.78 Å². The minimum absolute atomic E-state index is 0.0379. The number of hydrogen-bond acceptors (Lipinski definition) is 3. The molecule has 0 spiro atoms. The van der Waals surface area contributed by atoms with Crippen molar-refractivity contribution in [1.29, 1.82) is 0 Å². The number of carbonyl (C=O) groups excluding carboxylic acids is 2. The van der Waals surface area contributed by atoms with Crippen LogP contribution in [0.25, 0.3) is 0 Å². The van der Waals surface area contributed by atoms with E-state index in [0.29, 0.717) is 24.2 Å². The monoisotopic (exact) mass is 346 g/mol. The molecule has 0 unspecified atom stereocenters. The third-order valence-electron chi connectivity index (χ3n) is 4.79. The van der Waals surface area contributed by atoms with Gasteiger partial charge in [0.05, 0.1) is 12.2 Å². The Kier molecular flexibility index (Phi) is 4.95. The van der Waals surface area contributed by atoms with Crippen LogP contribution in [0.3, 0.4) is 0 Å². The summed E-state index contributed by atoms with van der Waals surface area (Å²) in [4.78, 5) is 24.2. The number of rotatable bonds is 2. The molecule has 0 saturated heterocycles. The Morgan fingerprint density at radius 3 is 2.69 bits per heavy atom. The highest BCUT2D eigenvalue weighted by atomic mass is 16.5. The molecule has 0 radical (unpaired) electrons. The van der Waals surface area contributed by atoms with Crippen molar-refractivity contribution < 1.29 is 14.3 Å². The molecule has 3 rings (SSSR count). The minimum atomic E-state index is -0.366. The normalized spacial score (nSPS) is 14.8. The summed E-state index contributed by atoms with van der Waals surface area (Å²) in [6.45, 7) is 6.42. The first kappa shape index (κ1) is 17.9. The highest BCUT2D eigenvalue weighted by molar-refractivity contribution is 5.99. The SMILES string of the molecule is CCOC(=O)c1ccccc1C#Cc1ccc2c(c1)C(C)(C)CCC2=O. The molecular formula is C23H22O3. The molecule has 2 aromatic rings. The zero-order chi connectivity index (χ0) is 18.7. The first-order chi connectivity index (χ1) is 12.4. The van der Waals surface area contributed by atoms with Crippen LogP contribution in [-0.4, -0.2) is 18.4 Å². The third-order valence-corrected chi connectivity index (χ3v) is 4.79. The van der Waals surface area contributed by atoms with Gasteiger partial charge in [-0.2, -0.15) is 0 Å². The van der Waals surface area contributed by atoms with Crippen molar-refractivity contribution in [2.45, 2.75) is 39.0 Å². The van der Waals surface area contributed by atoms with E-state index in [1.165, 1.54) is 0 Å². The lowest BCUT2D eigenvalue weighted by molar-refractivity contribution is 0.0526. The summed E-state index contributed by atoms with van der Waals surface area (Å²) < 4.78 is 5.09. The average molecular weight is 346 g/mol. The second-order valence-corrected chi connectivity index (χ2v) is 7.08. The van der Waals surface area contributed by atoms with Crippen molar-refractivity contribution in [2.24, 2.45) is 0 Å². The van der Waals surface area contributed by atoms with Crippen molar-refractivity contribution in [3.8, 4) is 11.8 Å². The molecule has 132 valence electrons. The second kappa shape index (κ2) is 7.17. The van der Waals surface area contributed by atoms with Crippen LogP contribution >= 0.6 is 0 Å². The van der Waals surface area contributed by atoms with Crippen LogP contribution < -0.4 is 0 Å². The van der Waals surface area contributed by atoms with Crippen molar-refractivity contribution in [3.63, 3.8) is 0 Å². The molecule has 1 aliphatic rings. The number of esters is 1. The summed E-state index contributed by atoms with van der Waals surface area (Å²) in [5.41, 5.74) is 3.77. The average Bonchev–Trinajstić information content (AvgIpc) is 2.64. The fraction of sp³-hybridized carbons (Fsp3) is 0.304. The topological polar surface area (TPSA) is 43.4 Å². The van der Waals surface area contributed by atoms with Gasteiger partial charge in [0.2, 0.25) is 0 Å². The van der Waals surface area contributed by atoms with Gasteiger partial charge in [-0.15, -0.1) is 0 Å². The van der Waals surface area contributed by atoms with E-state index in [1.54, 1.807) is 19.1 Å². The molecule has 0 atom stereocenters. The summed E-state index contributed by atoms with van der Waals surface area (Å²) in [5, 5.41) is 0. The van der Waals surface area contributed by atoms with Crippen LogP contribution in [0.5, 0.6) is 0 Å². The van der Waals surface area contributed by atoms with Crippen LogP contribution in [0, 0.1) is 11.8 Å². The molecule has 0 heterocycles. The Morgan fingerprint density at radius 2 is 1.92 bits per heavy atom. The molecule has 2 aromatic carbocycles. The molecule has 26 heavy (non-hydrogen) atoms. The van der Waals surface area contributed by atoms with Gasteiger partial charge in [-0.05, 0) is 54.7 Å². The van der Waals surface area contributed by atoms with E-state index in [0.717, 1.165) is 23.1 Å². The standard InChI is InChI=1S/C23H22O3/c1-4-26-22(25)18-8-6-5-7-17(18)11-9-16-10-12-19-20(15-16)23(2,3)14-13-21(19)24/h5-8,10,12,15H,4,13-14H2,1-3H3. The summed E-state index contributed by atoms with van der Waals surface area (Å²) in [6.07, 6.45) is 1.44. The third kappa shape index (κ3) is 3.55. The summed E-state index contributed by atoms with van der Waals surface area (Å²) in [7, 11) is 0. The Labute approximate surface area is 154 Å². The van der Waals surface area contributed by atoms with Gasteiger partial charge in [-0.1, -0.05) is 37.8 Å². The molecule has 0 fully saturated rings. The molecule has 0 saturated carbocycles. The molecule has 0 N–H and O–H groups in total. The van der Waals surface area contributed by atoms with Gasteiger partial charge < -0.3 is 4.74 Å². The first-order valence-electron chi connectivity index (χ1n) is 8.88. The zero-order valence-electron chi connectivity index (χ0n) is 15.4. The van der Waals surface area contributed by atoms with E-state index in [2.05, 4.69) is 25.7 Å². The van der Waals surface area contributed by atoms with Crippen molar-refractivity contribution in [1.82, 2.24) is 0 Å². The van der Waals surface area contributed by atoms with Crippen molar-refractivity contribution in [3.05, 3.63) is 70.3 Å². The van der Waals surface area contributed by atoms with E-state index in [4.69, 9.17) is 4.74 Å². The van der Waals surface area contributed by atoms with E-state index in [9.17, 15) is 9.59 Å². The lowest BCUT2D eigenvalue weighted by atomic mass is 9.72. The molecule has 0 aliphatic heterocycles. The molecular weight excluding hydrogens is 324 g/mol.